The van der Waals surface area contributed by atoms with Crippen LogP contribution in [0.1, 0.15) is 10.4 Å². The lowest BCUT2D eigenvalue weighted by molar-refractivity contribution is 0.0600. The molecule has 1 aromatic rings. The molecule has 7 nitrogen and oxygen atoms in total. The lowest BCUT2D eigenvalue weighted by atomic mass is 10.1. The van der Waals surface area contributed by atoms with Gasteiger partial charge in [0.05, 0.1) is 24.6 Å². The molecule has 0 bridgehead atoms. The molecule has 0 aromatic carbocycles. The van der Waals surface area contributed by atoms with Crippen molar-refractivity contribution < 1.29 is 9.53 Å². The molecule has 3 heterocycles. The molecule has 1 aromatic heterocycles. The van der Waals surface area contributed by atoms with Crippen LogP contribution >= 0.6 is 11.6 Å². The minimum Gasteiger partial charge on any atom is -0.465 e. The Morgan fingerprint density at radius 3 is 2.86 bits per heavy atom. The number of aromatic nitrogens is 4. The Bertz CT molecular complexity index is 838. The van der Waals surface area contributed by atoms with Crippen LogP contribution in [0.5, 0.6) is 0 Å². The molecule has 0 saturated heterocycles. The van der Waals surface area contributed by atoms with E-state index in [2.05, 4.69) is 15.2 Å². The third kappa shape index (κ3) is 2.27. The number of H-pyrrole nitrogens is 1. The molecule has 0 spiro atoms. The number of carbonyl (C=O) groups excluding carboxylic acids is 1. The third-order valence-electron chi connectivity index (χ3n) is 2.98. The van der Waals surface area contributed by atoms with E-state index in [-0.39, 0.29) is 22.4 Å². The van der Waals surface area contributed by atoms with Gasteiger partial charge in [-0.3, -0.25) is 4.79 Å². The molecular formula is C13H9ClN4O3. The number of ether oxygens (including phenoxy) is 1. The van der Waals surface area contributed by atoms with Crippen LogP contribution < -0.4 is 5.56 Å². The van der Waals surface area contributed by atoms with Gasteiger partial charge in [0.15, 0.2) is 0 Å². The fraction of sp³-hybridized carbons (Fsp3) is 0.0769. The van der Waals surface area contributed by atoms with Gasteiger partial charge in [-0.25, -0.2) is 14.9 Å². The number of carbonyl (C=O) groups is 1. The van der Waals surface area contributed by atoms with Gasteiger partial charge < -0.3 is 9.30 Å². The van der Waals surface area contributed by atoms with Crippen molar-refractivity contribution in [1.82, 2.24) is 19.7 Å². The van der Waals surface area contributed by atoms with Crippen LogP contribution in [0.25, 0.3) is 16.9 Å². The van der Waals surface area contributed by atoms with Gasteiger partial charge >= 0.3 is 5.97 Å². The highest BCUT2D eigenvalue weighted by Gasteiger charge is 2.22. The van der Waals surface area contributed by atoms with Gasteiger partial charge in [0.25, 0.3) is 5.56 Å². The van der Waals surface area contributed by atoms with Gasteiger partial charge in [-0.05, 0) is 12.1 Å². The van der Waals surface area contributed by atoms with Crippen molar-refractivity contribution in [3.05, 3.63) is 51.8 Å². The van der Waals surface area contributed by atoms with Gasteiger partial charge in [-0.1, -0.05) is 11.6 Å². The quantitative estimate of drug-likeness (QED) is 0.572. The lowest BCUT2D eigenvalue weighted by Crippen LogP contribution is -2.11. The third-order valence-corrected chi connectivity index (χ3v) is 3.20. The number of aromatic amines is 1. The predicted octanol–water partition coefficient (Wildman–Crippen LogP) is 1.50. The molecule has 0 radical (unpaired) electrons. The van der Waals surface area contributed by atoms with Crippen LogP contribution in [0.2, 0.25) is 5.15 Å². The maximum atomic E-state index is 11.8. The first-order valence-electron chi connectivity index (χ1n) is 5.91. The van der Waals surface area contributed by atoms with Crippen molar-refractivity contribution in [2.45, 2.75) is 0 Å². The van der Waals surface area contributed by atoms with Crippen LogP contribution in [0.15, 0.2) is 35.5 Å². The van der Waals surface area contributed by atoms with Gasteiger partial charge in [-0.15, -0.1) is 0 Å². The Balaban J connectivity index is 2.26. The van der Waals surface area contributed by atoms with Crippen molar-refractivity contribution in [2.24, 2.45) is 0 Å². The van der Waals surface area contributed by atoms with E-state index in [0.29, 0.717) is 10.8 Å². The summed E-state index contributed by atoms with van der Waals surface area (Å²) in [5, 5.41) is 6.52. The molecule has 3 rings (SSSR count). The zero-order valence-electron chi connectivity index (χ0n) is 10.8. The zero-order valence-corrected chi connectivity index (χ0v) is 11.6. The molecular weight excluding hydrogens is 296 g/mol. The number of hydrogen-bond donors (Lipinski definition) is 1. The molecule has 0 amide bonds. The first kappa shape index (κ1) is 13.3. The SMILES string of the molecule is COC(=O)c1cn(-c2ccc(Cl)nc2)cc2c(=O)[nH]nc1-2. The highest BCUT2D eigenvalue weighted by molar-refractivity contribution is 6.29. The molecule has 1 N–H and O–H groups in total. The van der Waals surface area contributed by atoms with Crippen LogP contribution in [-0.2, 0) is 4.74 Å². The summed E-state index contributed by atoms with van der Waals surface area (Å²) in [5.74, 6) is -0.581. The second kappa shape index (κ2) is 5.02. The van der Waals surface area contributed by atoms with E-state index in [1.807, 2.05) is 0 Å². The first-order chi connectivity index (χ1) is 10.1. The van der Waals surface area contributed by atoms with Crippen molar-refractivity contribution in [3.63, 3.8) is 0 Å². The molecule has 0 atom stereocenters. The summed E-state index contributed by atoms with van der Waals surface area (Å²) in [4.78, 5) is 27.6. The van der Waals surface area contributed by atoms with Crippen LogP contribution in [0.3, 0.4) is 0 Å². The molecule has 0 saturated carbocycles. The molecule has 2 aliphatic rings. The first-order valence-corrected chi connectivity index (χ1v) is 6.28. The van der Waals surface area contributed by atoms with E-state index in [0.717, 1.165) is 0 Å². The summed E-state index contributed by atoms with van der Waals surface area (Å²) < 4.78 is 6.31. The minimum atomic E-state index is -0.581. The number of nitrogens with zero attached hydrogens (tertiary/aromatic N) is 3. The molecule has 2 aliphatic heterocycles. The van der Waals surface area contributed by atoms with E-state index in [4.69, 9.17) is 16.3 Å². The van der Waals surface area contributed by atoms with E-state index >= 15 is 0 Å². The number of pyridine rings is 2. The molecule has 21 heavy (non-hydrogen) atoms. The van der Waals surface area contributed by atoms with Crippen LogP contribution in [0.4, 0.5) is 0 Å². The highest BCUT2D eigenvalue weighted by atomic mass is 35.5. The highest BCUT2D eigenvalue weighted by Crippen LogP contribution is 2.22. The van der Waals surface area contributed by atoms with E-state index in [1.54, 1.807) is 22.9 Å². The number of halogens is 1. The summed E-state index contributed by atoms with van der Waals surface area (Å²) in [7, 11) is 1.26. The zero-order chi connectivity index (χ0) is 15.0. The molecule has 8 heteroatoms. The van der Waals surface area contributed by atoms with Crippen molar-refractivity contribution in [1.29, 1.82) is 0 Å². The molecule has 0 unspecified atom stereocenters. The second-order valence-corrected chi connectivity index (χ2v) is 4.61. The smallest absolute Gasteiger partial charge is 0.341 e. The van der Waals surface area contributed by atoms with Crippen molar-refractivity contribution >= 4 is 17.6 Å². The van der Waals surface area contributed by atoms with Crippen LogP contribution in [0, 0.1) is 0 Å². The average molecular weight is 305 g/mol. The number of hydrogen-bond acceptors (Lipinski definition) is 5. The lowest BCUT2D eigenvalue weighted by Gasteiger charge is -2.11. The number of nitrogens with one attached hydrogen (secondary N) is 1. The van der Waals surface area contributed by atoms with Gasteiger partial charge in [0, 0.05) is 12.4 Å². The summed E-state index contributed by atoms with van der Waals surface area (Å²) >= 11 is 5.75. The van der Waals surface area contributed by atoms with Crippen LogP contribution in [-0.4, -0.2) is 32.8 Å². The van der Waals surface area contributed by atoms with Crippen molar-refractivity contribution in [2.75, 3.05) is 7.11 Å². The van der Waals surface area contributed by atoms with E-state index in [1.165, 1.54) is 19.5 Å². The predicted molar refractivity (Wildman–Crippen MR) is 75.0 cm³/mol. The van der Waals surface area contributed by atoms with E-state index in [9.17, 15) is 9.59 Å². The summed E-state index contributed by atoms with van der Waals surface area (Å²) in [6.45, 7) is 0. The maximum absolute atomic E-state index is 11.8. The summed E-state index contributed by atoms with van der Waals surface area (Å²) in [6.07, 6.45) is 4.62. The Morgan fingerprint density at radius 1 is 1.38 bits per heavy atom. The summed E-state index contributed by atoms with van der Waals surface area (Å²) in [6, 6.07) is 3.33. The molecule has 0 fully saturated rings. The number of fused-ring (bicyclic) bond motifs is 1. The molecule has 0 aliphatic carbocycles. The van der Waals surface area contributed by atoms with Gasteiger partial charge in [-0.2, -0.15) is 5.10 Å². The number of rotatable bonds is 2. The minimum absolute atomic E-state index is 0.184. The Morgan fingerprint density at radius 2 is 2.19 bits per heavy atom. The fourth-order valence-electron chi connectivity index (χ4n) is 1.97. The Labute approximate surface area is 123 Å². The average Bonchev–Trinajstić information content (AvgIpc) is 2.88. The van der Waals surface area contributed by atoms with E-state index < -0.39 is 5.97 Å². The second-order valence-electron chi connectivity index (χ2n) is 4.22. The standard InChI is InChI=1S/C13H9ClN4O3/c1-21-13(20)9-6-18(7-2-3-10(14)15-4-7)5-8-11(9)16-17-12(8)19/h2-6H,1H3,(H,17,19). The molecule has 106 valence electrons. The van der Waals surface area contributed by atoms with Gasteiger partial charge in [0.2, 0.25) is 0 Å². The normalized spacial score (nSPS) is 10.8. The summed E-state index contributed by atoms with van der Waals surface area (Å²) in [5.41, 5.74) is 1.000. The van der Waals surface area contributed by atoms with Crippen molar-refractivity contribution in [3.8, 4) is 16.9 Å². The monoisotopic (exact) mass is 304 g/mol. The topological polar surface area (TPSA) is 89.9 Å². The largest absolute Gasteiger partial charge is 0.465 e. The Kier molecular flexibility index (Phi) is 3.19. The maximum Gasteiger partial charge on any atom is 0.341 e. The fourth-order valence-corrected chi connectivity index (χ4v) is 2.08. The van der Waals surface area contributed by atoms with Gasteiger partial charge in [0.1, 0.15) is 16.4 Å². The number of esters is 1. The Hall–Kier alpha value is -2.67. The number of methoxy groups -OCH3 is 1.